The minimum absolute atomic E-state index is 0.160. The molecular weight excluding hydrogens is 406 g/mol. The molecule has 8 heteroatoms. The van der Waals surface area contributed by atoms with Gasteiger partial charge < -0.3 is 15.0 Å². The first-order chi connectivity index (χ1) is 14.3. The van der Waals surface area contributed by atoms with Crippen molar-refractivity contribution in [1.29, 1.82) is 0 Å². The van der Waals surface area contributed by atoms with Crippen LogP contribution in [0.3, 0.4) is 0 Å². The Kier molecular flexibility index (Phi) is 6.64. The standard InChI is InChI=1S/C22H20ClN3O4/c1-14-3-7-17(8-4-14)24-20(27)12-26(2)21(28)13-30-22(29)16-5-9-18-15(11-16)6-10-19(23)25-18/h3-11H,12-13H2,1-2H3,(H,24,27). The topological polar surface area (TPSA) is 88.6 Å². The molecular formula is C22H20ClN3O4. The summed E-state index contributed by atoms with van der Waals surface area (Å²) >= 11 is 5.85. The second-order valence-electron chi connectivity index (χ2n) is 6.78. The second-order valence-corrected chi connectivity index (χ2v) is 7.17. The average Bonchev–Trinajstić information content (AvgIpc) is 2.72. The van der Waals surface area contributed by atoms with Gasteiger partial charge in [0.25, 0.3) is 5.91 Å². The van der Waals surface area contributed by atoms with Crippen molar-refractivity contribution < 1.29 is 19.1 Å². The third kappa shape index (κ3) is 5.55. The Morgan fingerprint density at radius 3 is 2.53 bits per heavy atom. The van der Waals surface area contributed by atoms with Gasteiger partial charge in [0.15, 0.2) is 6.61 Å². The third-order valence-electron chi connectivity index (χ3n) is 4.36. The molecule has 0 saturated carbocycles. The summed E-state index contributed by atoms with van der Waals surface area (Å²) in [5.41, 5.74) is 2.66. The number of hydrogen-bond acceptors (Lipinski definition) is 5. The van der Waals surface area contributed by atoms with Gasteiger partial charge in [-0.3, -0.25) is 9.59 Å². The first-order valence-electron chi connectivity index (χ1n) is 9.16. The van der Waals surface area contributed by atoms with E-state index < -0.39 is 18.5 Å². The van der Waals surface area contributed by atoms with E-state index in [-0.39, 0.29) is 12.5 Å². The number of benzene rings is 2. The highest BCUT2D eigenvalue weighted by atomic mass is 35.5. The van der Waals surface area contributed by atoms with E-state index in [1.54, 1.807) is 42.5 Å². The summed E-state index contributed by atoms with van der Waals surface area (Å²) in [4.78, 5) is 41.9. The zero-order chi connectivity index (χ0) is 21.7. The van der Waals surface area contributed by atoms with Crippen LogP contribution in [-0.2, 0) is 14.3 Å². The SMILES string of the molecule is Cc1ccc(NC(=O)CN(C)C(=O)COC(=O)c2ccc3nc(Cl)ccc3c2)cc1. The number of nitrogens with one attached hydrogen (secondary N) is 1. The van der Waals surface area contributed by atoms with E-state index in [0.717, 1.165) is 10.9 Å². The molecule has 2 aromatic carbocycles. The molecule has 0 bridgehead atoms. The van der Waals surface area contributed by atoms with Crippen LogP contribution < -0.4 is 5.32 Å². The van der Waals surface area contributed by atoms with Crippen LogP contribution in [0, 0.1) is 6.92 Å². The maximum Gasteiger partial charge on any atom is 0.338 e. The van der Waals surface area contributed by atoms with E-state index >= 15 is 0 Å². The largest absolute Gasteiger partial charge is 0.452 e. The maximum absolute atomic E-state index is 12.3. The van der Waals surface area contributed by atoms with Gasteiger partial charge >= 0.3 is 5.97 Å². The lowest BCUT2D eigenvalue weighted by atomic mass is 10.1. The first kappa shape index (κ1) is 21.3. The zero-order valence-corrected chi connectivity index (χ0v) is 17.3. The van der Waals surface area contributed by atoms with E-state index in [1.165, 1.54) is 11.9 Å². The Morgan fingerprint density at radius 2 is 1.80 bits per heavy atom. The number of halogens is 1. The second kappa shape index (κ2) is 9.37. The van der Waals surface area contributed by atoms with Crippen molar-refractivity contribution >= 4 is 46.0 Å². The van der Waals surface area contributed by atoms with Crippen LogP contribution >= 0.6 is 11.6 Å². The molecule has 7 nitrogen and oxygen atoms in total. The predicted octanol–water partition coefficient (Wildman–Crippen LogP) is 3.45. The van der Waals surface area contributed by atoms with Crippen LogP contribution in [0.1, 0.15) is 15.9 Å². The zero-order valence-electron chi connectivity index (χ0n) is 16.5. The van der Waals surface area contributed by atoms with Crippen molar-refractivity contribution in [3.05, 3.63) is 70.9 Å². The number of anilines is 1. The summed E-state index contributed by atoms with van der Waals surface area (Å²) in [7, 11) is 1.47. The molecule has 3 rings (SSSR count). The fourth-order valence-electron chi connectivity index (χ4n) is 2.69. The molecule has 1 heterocycles. The summed E-state index contributed by atoms with van der Waals surface area (Å²) in [6, 6.07) is 15.5. The Labute approximate surface area is 178 Å². The van der Waals surface area contributed by atoms with E-state index in [4.69, 9.17) is 16.3 Å². The van der Waals surface area contributed by atoms with E-state index in [0.29, 0.717) is 21.9 Å². The summed E-state index contributed by atoms with van der Waals surface area (Å²) in [5.74, 6) is -1.48. The number of aromatic nitrogens is 1. The highest BCUT2D eigenvalue weighted by Crippen LogP contribution is 2.17. The molecule has 0 aliphatic rings. The van der Waals surface area contributed by atoms with Gasteiger partial charge in [0.2, 0.25) is 5.91 Å². The molecule has 3 aromatic rings. The molecule has 0 aliphatic carbocycles. The van der Waals surface area contributed by atoms with Crippen LogP contribution in [-0.4, -0.2) is 47.9 Å². The van der Waals surface area contributed by atoms with Crippen molar-refractivity contribution in [2.75, 3.05) is 25.5 Å². The number of carbonyl (C=O) groups is 3. The monoisotopic (exact) mass is 425 g/mol. The molecule has 0 saturated heterocycles. The van der Waals surface area contributed by atoms with Crippen LogP contribution in [0.4, 0.5) is 5.69 Å². The average molecular weight is 426 g/mol. The fourth-order valence-corrected chi connectivity index (χ4v) is 2.84. The Bertz CT molecular complexity index is 1100. The van der Waals surface area contributed by atoms with Gasteiger partial charge in [0.05, 0.1) is 17.6 Å². The summed E-state index contributed by atoms with van der Waals surface area (Å²) in [6.45, 7) is 1.32. The van der Waals surface area contributed by atoms with Gasteiger partial charge in [-0.25, -0.2) is 9.78 Å². The van der Waals surface area contributed by atoms with Crippen LogP contribution in [0.2, 0.25) is 5.15 Å². The quantitative estimate of drug-likeness (QED) is 0.482. The number of hydrogen-bond donors (Lipinski definition) is 1. The number of likely N-dealkylation sites (N-methyl/N-ethyl adjacent to an activating group) is 1. The molecule has 0 fully saturated rings. The van der Waals surface area contributed by atoms with Crippen molar-refractivity contribution in [3.63, 3.8) is 0 Å². The van der Waals surface area contributed by atoms with Gasteiger partial charge in [-0.05, 0) is 49.4 Å². The summed E-state index contributed by atoms with van der Waals surface area (Å²) < 4.78 is 5.09. The molecule has 2 amide bonds. The summed E-state index contributed by atoms with van der Waals surface area (Å²) in [6.07, 6.45) is 0. The molecule has 0 radical (unpaired) electrons. The molecule has 154 valence electrons. The van der Waals surface area contributed by atoms with Gasteiger partial charge in [-0.15, -0.1) is 0 Å². The fraction of sp³-hybridized carbons (Fsp3) is 0.182. The first-order valence-corrected chi connectivity index (χ1v) is 9.53. The molecule has 0 unspecified atom stereocenters. The highest BCUT2D eigenvalue weighted by molar-refractivity contribution is 6.29. The van der Waals surface area contributed by atoms with Crippen LogP contribution in [0.25, 0.3) is 10.9 Å². The van der Waals surface area contributed by atoms with Crippen molar-refractivity contribution in [1.82, 2.24) is 9.88 Å². The summed E-state index contributed by atoms with van der Waals surface area (Å²) in [5, 5.41) is 3.80. The number of aryl methyl sites for hydroxylation is 1. The van der Waals surface area contributed by atoms with Crippen molar-refractivity contribution in [2.45, 2.75) is 6.92 Å². The lowest BCUT2D eigenvalue weighted by molar-refractivity contribution is -0.136. The van der Waals surface area contributed by atoms with E-state index in [9.17, 15) is 14.4 Å². The molecule has 0 atom stereocenters. The minimum Gasteiger partial charge on any atom is -0.452 e. The molecule has 30 heavy (non-hydrogen) atoms. The lowest BCUT2D eigenvalue weighted by Gasteiger charge is -2.17. The molecule has 1 aromatic heterocycles. The Morgan fingerprint density at radius 1 is 1.07 bits per heavy atom. The molecule has 1 N–H and O–H groups in total. The van der Waals surface area contributed by atoms with E-state index in [2.05, 4.69) is 10.3 Å². The number of ether oxygens (including phenoxy) is 1. The van der Waals surface area contributed by atoms with Gasteiger partial charge in [-0.1, -0.05) is 29.3 Å². The number of esters is 1. The van der Waals surface area contributed by atoms with E-state index in [1.807, 2.05) is 19.1 Å². The van der Waals surface area contributed by atoms with Crippen LogP contribution in [0.15, 0.2) is 54.6 Å². The number of nitrogens with zero attached hydrogens (tertiary/aromatic N) is 2. The molecule has 0 spiro atoms. The van der Waals surface area contributed by atoms with Crippen molar-refractivity contribution in [2.24, 2.45) is 0 Å². The third-order valence-corrected chi connectivity index (χ3v) is 4.57. The van der Waals surface area contributed by atoms with Crippen LogP contribution in [0.5, 0.6) is 0 Å². The van der Waals surface area contributed by atoms with Crippen molar-refractivity contribution in [3.8, 4) is 0 Å². The smallest absolute Gasteiger partial charge is 0.338 e. The number of pyridine rings is 1. The molecule has 0 aliphatic heterocycles. The highest BCUT2D eigenvalue weighted by Gasteiger charge is 2.16. The number of carbonyl (C=O) groups excluding carboxylic acids is 3. The lowest BCUT2D eigenvalue weighted by Crippen LogP contribution is -2.37. The number of rotatable bonds is 6. The maximum atomic E-state index is 12.3. The normalized spacial score (nSPS) is 10.5. The number of fused-ring (bicyclic) bond motifs is 1. The Hall–Kier alpha value is -3.45. The predicted molar refractivity (Wildman–Crippen MR) is 114 cm³/mol. The minimum atomic E-state index is -0.641. The van der Waals surface area contributed by atoms with Gasteiger partial charge in [-0.2, -0.15) is 0 Å². The number of amides is 2. The Balaban J connectivity index is 1.51. The van der Waals surface area contributed by atoms with Gasteiger partial charge in [0, 0.05) is 18.1 Å². The van der Waals surface area contributed by atoms with Gasteiger partial charge in [0.1, 0.15) is 5.15 Å².